The van der Waals surface area contributed by atoms with Gasteiger partial charge in [0.25, 0.3) is 0 Å². The molecule has 2 heterocycles. The molecule has 2 saturated heterocycles. The molecule has 0 aliphatic carbocycles. The fraction of sp³-hybridized carbons (Fsp3) is 0.923. The highest BCUT2D eigenvalue weighted by molar-refractivity contribution is 5.91. The summed E-state index contributed by atoms with van der Waals surface area (Å²) in [7, 11) is 0. The average molecular weight is 437 g/mol. The number of esters is 2. The van der Waals surface area contributed by atoms with Gasteiger partial charge in [-0.25, -0.2) is 9.59 Å². The Morgan fingerprint density at radius 2 is 1.35 bits per heavy atom. The van der Waals surface area contributed by atoms with Crippen molar-refractivity contribution in [3.63, 3.8) is 0 Å². The van der Waals surface area contributed by atoms with E-state index in [1.54, 1.807) is 0 Å². The smallest absolute Gasteiger partial charge is 0.331 e. The van der Waals surface area contributed by atoms with Crippen molar-refractivity contribution in [1.29, 1.82) is 0 Å². The van der Waals surface area contributed by atoms with Crippen molar-refractivity contribution in [3.8, 4) is 0 Å². The molecule has 0 bridgehead atoms. The molecular weight excluding hydrogens is 388 g/mol. The minimum absolute atomic E-state index is 0.215. The second-order valence-corrected chi connectivity index (χ2v) is 9.68. The molecule has 2 rings (SSSR count). The largest absolute Gasteiger partial charge is 0.391 e. The van der Waals surface area contributed by atoms with Crippen LogP contribution in [0.3, 0.4) is 0 Å². The van der Waals surface area contributed by atoms with Crippen LogP contribution >= 0.6 is 0 Å². The Kier molecular flexibility index (Phi) is 14.1. The van der Waals surface area contributed by atoms with Gasteiger partial charge in [0.15, 0.2) is 0 Å². The molecule has 2 aliphatic heterocycles. The molecule has 0 aromatic rings. The summed E-state index contributed by atoms with van der Waals surface area (Å²) in [5.74, 6) is -0.715. The van der Waals surface area contributed by atoms with Crippen molar-refractivity contribution in [2.45, 2.75) is 135 Å². The number of likely N-dealkylation sites (tertiary alicyclic amines) is 1. The highest BCUT2D eigenvalue weighted by Gasteiger charge is 2.34. The van der Waals surface area contributed by atoms with Crippen LogP contribution in [0.25, 0.3) is 0 Å². The summed E-state index contributed by atoms with van der Waals surface area (Å²) in [6, 6.07) is -0.503. The van der Waals surface area contributed by atoms with Crippen LogP contribution in [-0.4, -0.2) is 48.6 Å². The van der Waals surface area contributed by atoms with Gasteiger partial charge in [-0.05, 0) is 51.7 Å². The Balaban J connectivity index is 1.43. The maximum Gasteiger partial charge on any atom is 0.331 e. The predicted octanol–water partition coefficient (Wildman–Crippen LogP) is 5.75. The van der Waals surface area contributed by atoms with Crippen molar-refractivity contribution in [2.75, 3.05) is 19.6 Å². The number of rotatable bonds is 17. The van der Waals surface area contributed by atoms with Crippen LogP contribution in [0.5, 0.6) is 0 Å². The normalized spacial score (nSPS) is 21.6. The Hall–Kier alpha value is -0.940. The summed E-state index contributed by atoms with van der Waals surface area (Å²) >= 11 is 0. The Morgan fingerprint density at radius 1 is 0.774 bits per heavy atom. The van der Waals surface area contributed by atoms with E-state index in [0.717, 1.165) is 51.7 Å². The van der Waals surface area contributed by atoms with Gasteiger partial charge in [-0.1, -0.05) is 90.4 Å². The molecule has 0 aromatic heterocycles. The molecule has 2 fully saturated rings. The van der Waals surface area contributed by atoms with Gasteiger partial charge in [-0.2, -0.15) is 0 Å². The summed E-state index contributed by atoms with van der Waals surface area (Å²) in [5, 5.41) is 3.10. The van der Waals surface area contributed by atoms with Gasteiger partial charge in [-0.15, -0.1) is 0 Å². The summed E-state index contributed by atoms with van der Waals surface area (Å²) in [4.78, 5) is 26.8. The van der Waals surface area contributed by atoms with E-state index in [1.807, 2.05) is 0 Å². The third-order valence-corrected chi connectivity index (χ3v) is 6.98. The first kappa shape index (κ1) is 26.3. The SMILES string of the molecule is CCCCCCCCCCCCCCCCN1CCCC1C(=O)OC(=O)C1CCCN1. The van der Waals surface area contributed by atoms with E-state index in [4.69, 9.17) is 4.74 Å². The first-order valence-corrected chi connectivity index (χ1v) is 13.5. The quantitative estimate of drug-likeness (QED) is 0.179. The Bertz CT molecular complexity index is 491. The van der Waals surface area contributed by atoms with E-state index in [0.29, 0.717) is 0 Å². The van der Waals surface area contributed by atoms with Crippen LogP contribution in [0, 0.1) is 0 Å². The molecule has 2 unspecified atom stereocenters. The lowest BCUT2D eigenvalue weighted by molar-refractivity contribution is -0.164. The number of ether oxygens (including phenoxy) is 1. The number of carbonyl (C=O) groups excluding carboxylic acids is 2. The van der Waals surface area contributed by atoms with Gasteiger partial charge >= 0.3 is 11.9 Å². The fourth-order valence-corrected chi connectivity index (χ4v) is 4.99. The first-order valence-electron chi connectivity index (χ1n) is 13.5. The van der Waals surface area contributed by atoms with Gasteiger partial charge in [0.1, 0.15) is 12.1 Å². The van der Waals surface area contributed by atoms with Crippen molar-refractivity contribution in [3.05, 3.63) is 0 Å². The van der Waals surface area contributed by atoms with Crippen LogP contribution in [0.2, 0.25) is 0 Å². The van der Waals surface area contributed by atoms with Crippen LogP contribution < -0.4 is 5.32 Å². The summed E-state index contributed by atoms with van der Waals surface area (Å²) in [5.41, 5.74) is 0. The Labute approximate surface area is 191 Å². The second-order valence-electron chi connectivity index (χ2n) is 9.68. The standard InChI is InChI=1S/C26H48N2O3/c1-2-3-4-5-6-7-8-9-10-11-12-13-14-15-21-28-22-17-19-24(28)26(30)31-25(29)23-18-16-20-27-23/h23-24,27H,2-22H2,1H3. The molecule has 0 radical (unpaired) electrons. The number of carbonyl (C=O) groups is 2. The zero-order valence-corrected chi connectivity index (χ0v) is 20.2. The number of nitrogens with zero attached hydrogens (tertiary/aromatic N) is 1. The third kappa shape index (κ3) is 11.0. The van der Waals surface area contributed by atoms with Crippen molar-refractivity contribution in [2.24, 2.45) is 0 Å². The maximum absolute atomic E-state index is 12.5. The van der Waals surface area contributed by atoms with E-state index < -0.39 is 0 Å². The van der Waals surface area contributed by atoms with E-state index in [-0.39, 0.29) is 24.0 Å². The molecule has 0 amide bonds. The van der Waals surface area contributed by atoms with Gasteiger partial charge < -0.3 is 10.1 Å². The molecule has 5 heteroatoms. The molecular formula is C26H48N2O3. The predicted molar refractivity (Wildman–Crippen MR) is 127 cm³/mol. The van der Waals surface area contributed by atoms with Crippen LogP contribution in [0.1, 0.15) is 122 Å². The molecule has 0 aromatic carbocycles. The minimum atomic E-state index is -0.383. The molecule has 0 saturated carbocycles. The average Bonchev–Trinajstić information content (AvgIpc) is 3.46. The summed E-state index contributed by atoms with van der Waals surface area (Å²) in [6.07, 6.45) is 22.6. The van der Waals surface area contributed by atoms with Crippen molar-refractivity contribution in [1.82, 2.24) is 10.2 Å². The van der Waals surface area contributed by atoms with E-state index in [2.05, 4.69) is 17.1 Å². The van der Waals surface area contributed by atoms with Crippen LogP contribution in [-0.2, 0) is 14.3 Å². The molecule has 5 nitrogen and oxygen atoms in total. The first-order chi connectivity index (χ1) is 15.2. The van der Waals surface area contributed by atoms with E-state index >= 15 is 0 Å². The topological polar surface area (TPSA) is 58.6 Å². The minimum Gasteiger partial charge on any atom is -0.391 e. The molecule has 2 atom stereocenters. The van der Waals surface area contributed by atoms with Gasteiger partial charge in [0.2, 0.25) is 0 Å². The summed E-state index contributed by atoms with van der Waals surface area (Å²) < 4.78 is 5.19. The van der Waals surface area contributed by atoms with E-state index in [9.17, 15) is 9.59 Å². The molecule has 180 valence electrons. The monoisotopic (exact) mass is 436 g/mol. The number of hydrogen-bond donors (Lipinski definition) is 1. The lowest BCUT2D eigenvalue weighted by Gasteiger charge is -2.23. The van der Waals surface area contributed by atoms with Crippen molar-refractivity contribution < 1.29 is 14.3 Å². The highest BCUT2D eigenvalue weighted by atomic mass is 16.6. The number of unbranched alkanes of at least 4 members (excludes halogenated alkanes) is 13. The molecule has 0 spiro atoms. The summed E-state index contributed by atoms with van der Waals surface area (Å²) in [6.45, 7) is 5.02. The van der Waals surface area contributed by atoms with Crippen LogP contribution in [0.15, 0.2) is 0 Å². The maximum atomic E-state index is 12.5. The lowest BCUT2D eigenvalue weighted by atomic mass is 10.0. The third-order valence-electron chi connectivity index (χ3n) is 6.98. The van der Waals surface area contributed by atoms with E-state index in [1.165, 1.54) is 83.5 Å². The molecule has 31 heavy (non-hydrogen) atoms. The molecule has 2 aliphatic rings. The van der Waals surface area contributed by atoms with Gasteiger partial charge in [0.05, 0.1) is 0 Å². The lowest BCUT2D eigenvalue weighted by Crippen LogP contribution is -2.41. The Morgan fingerprint density at radius 3 is 1.90 bits per heavy atom. The highest BCUT2D eigenvalue weighted by Crippen LogP contribution is 2.20. The zero-order chi connectivity index (χ0) is 22.2. The van der Waals surface area contributed by atoms with Crippen LogP contribution in [0.4, 0.5) is 0 Å². The zero-order valence-electron chi connectivity index (χ0n) is 20.2. The van der Waals surface area contributed by atoms with Gasteiger partial charge in [0, 0.05) is 0 Å². The molecule has 1 N–H and O–H groups in total. The van der Waals surface area contributed by atoms with Crippen molar-refractivity contribution >= 4 is 11.9 Å². The second kappa shape index (κ2) is 16.7. The number of nitrogens with one attached hydrogen (secondary N) is 1. The van der Waals surface area contributed by atoms with Gasteiger partial charge in [-0.3, -0.25) is 4.90 Å². The number of hydrogen-bond acceptors (Lipinski definition) is 5. The fourth-order valence-electron chi connectivity index (χ4n) is 4.99.